The van der Waals surface area contributed by atoms with Crippen molar-refractivity contribution in [3.63, 3.8) is 0 Å². The van der Waals surface area contributed by atoms with Gasteiger partial charge in [-0.15, -0.1) is 0 Å². The summed E-state index contributed by atoms with van der Waals surface area (Å²) in [5.74, 6) is -1.75. The van der Waals surface area contributed by atoms with Gasteiger partial charge in [-0.2, -0.15) is 0 Å². The maximum absolute atomic E-state index is 13.7. The molecule has 3 atom stereocenters. The summed E-state index contributed by atoms with van der Waals surface area (Å²) >= 11 is 0. The second-order valence-corrected chi connectivity index (χ2v) is 10.1. The van der Waals surface area contributed by atoms with Crippen LogP contribution in [0.2, 0.25) is 0 Å². The molecule has 0 spiro atoms. The van der Waals surface area contributed by atoms with Gasteiger partial charge in [0.05, 0.1) is 0 Å². The Balaban J connectivity index is 1.84. The lowest BCUT2D eigenvalue weighted by atomic mass is 9.64. The first-order chi connectivity index (χ1) is 15.5. The van der Waals surface area contributed by atoms with Crippen molar-refractivity contribution in [2.75, 3.05) is 5.32 Å². The Labute approximate surface area is 192 Å². The van der Waals surface area contributed by atoms with Crippen molar-refractivity contribution in [1.82, 2.24) is 0 Å². The highest BCUT2D eigenvalue weighted by atomic mass is 19.1. The number of benzene rings is 2. The van der Waals surface area contributed by atoms with E-state index in [1.807, 2.05) is 0 Å². The average molecular weight is 456 g/mol. The number of aromatic hydroxyl groups is 1. The van der Waals surface area contributed by atoms with Crippen LogP contribution >= 0.6 is 0 Å². The molecule has 176 valence electrons. The number of rotatable bonds is 6. The van der Waals surface area contributed by atoms with Gasteiger partial charge in [0.25, 0.3) is 0 Å². The minimum atomic E-state index is -1.17. The van der Waals surface area contributed by atoms with Crippen LogP contribution in [-0.4, -0.2) is 22.2 Å². The molecule has 33 heavy (non-hydrogen) atoms. The van der Waals surface area contributed by atoms with E-state index in [0.717, 1.165) is 19.3 Å². The Morgan fingerprint density at radius 3 is 2.52 bits per heavy atom. The van der Waals surface area contributed by atoms with Crippen molar-refractivity contribution in [2.45, 2.75) is 59.4 Å². The standard InChI is InChI=1S/C26H30FNO5/c1-14(29)33-23-18(24(31)32)6-7-20(28-13-15-11-17(27)5-8-21(15)30)22(23)19-12-16-9-10-26(19,4)25(16,2)3/h5-8,11,16,19,28,30H,9-10,12-13H2,1-4H3,(H,31,32). The lowest BCUT2D eigenvalue weighted by molar-refractivity contribution is -0.132. The van der Waals surface area contributed by atoms with Gasteiger partial charge in [-0.25, -0.2) is 9.18 Å². The van der Waals surface area contributed by atoms with Crippen LogP contribution in [0, 0.1) is 22.6 Å². The van der Waals surface area contributed by atoms with Gasteiger partial charge in [-0.05, 0) is 72.3 Å². The number of carboxylic acids is 1. The Kier molecular flexibility index (Phi) is 5.63. The predicted octanol–water partition coefficient (Wildman–Crippen LogP) is 5.70. The first-order valence-electron chi connectivity index (χ1n) is 11.3. The summed E-state index contributed by atoms with van der Waals surface area (Å²) in [5.41, 5.74) is 1.53. The second kappa shape index (κ2) is 8.04. The van der Waals surface area contributed by atoms with Crippen molar-refractivity contribution < 1.29 is 28.9 Å². The first kappa shape index (κ1) is 23.1. The van der Waals surface area contributed by atoms with E-state index < -0.39 is 17.8 Å². The van der Waals surface area contributed by atoms with Gasteiger partial charge in [0, 0.05) is 30.3 Å². The van der Waals surface area contributed by atoms with E-state index in [-0.39, 0.29) is 40.4 Å². The highest BCUT2D eigenvalue weighted by molar-refractivity contribution is 5.94. The molecule has 2 aliphatic carbocycles. The molecule has 0 radical (unpaired) electrons. The average Bonchev–Trinajstić information content (AvgIpc) is 3.07. The molecule has 7 heteroatoms. The molecule has 0 aromatic heterocycles. The quantitative estimate of drug-likeness (QED) is 0.382. The van der Waals surface area contributed by atoms with Crippen LogP contribution in [0.25, 0.3) is 0 Å². The lowest BCUT2D eigenvalue weighted by Crippen LogP contribution is -2.32. The highest BCUT2D eigenvalue weighted by Gasteiger charge is 2.62. The largest absolute Gasteiger partial charge is 0.508 e. The summed E-state index contributed by atoms with van der Waals surface area (Å²) < 4.78 is 19.3. The Morgan fingerprint density at radius 2 is 1.94 bits per heavy atom. The second-order valence-electron chi connectivity index (χ2n) is 10.1. The van der Waals surface area contributed by atoms with Crippen molar-refractivity contribution >= 4 is 17.6 Å². The summed E-state index contributed by atoms with van der Waals surface area (Å²) in [6.07, 6.45) is 2.97. The van der Waals surface area contributed by atoms with E-state index in [4.69, 9.17) is 4.74 Å². The summed E-state index contributed by atoms with van der Waals surface area (Å²) in [4.78, 5) is 24.0. The van der Waals surface area contributed by atoms with Gasteiger partial charge in [0.1, 0.15) is 17.1 Å². The maximum Gasteiger partial charge on any atom is 0.339 e. The molecular formula is C26H30FNO5. The smallest absolute Gasteiger partial charge is 0.339 e. The summed E-state index contributed by atoms with van der Waals surface area (Å²) in [7, 11) is 0. The first-order valence-corrected chi connectivity index (χ1v) is 11.3. The molecule has 6 nitrogen and oxygen atoms in total. The highest BCUT2D eigenvalue weighted by Crippen LogP contribution is 2.72. The van der Waals surface area contributed by atoms with Crippen LogP contribution in [0.1, 0.15) is 74.4 Å². The van der Waals surface area contributed by atoms with Gasteiger partial charge in [0.2, 0.25) is 0 Å². The number of phenols is 1. The fraction of sp³-hybridized carbons (Fsp3) is 0.462. The van der Waals surface area contributed by atoms with E-state index in [0.29, 0.717) is 22.7 Å². The normalized spacial score (nSPS) is 25.1. The Hall–Kier alpha value is -3.09. The molecule has 2 aliphatic rings. The van der Waals surface area contributed by atoms with Crippen LogP contribution in [0.3, 0.4) is 0 Å². The molecule has 2 fully saturated rings. The number of halogens is 1. The fourth-order valence-corrected chi connectivity index (χ4v) is 6.05. The molecular weight excluding hydrogens is 425 g/mol. The number of phenolic OH excluding ortho intramolecular Hbond substituents is 1. The monoisotopic (exact) mass is 455 g/mol. The number of fused-ring (bicyclic) bond motifs is 2. The molecule has 0 heterocycles. The number of esters is 1. The number of aromatic carboxylic acids is 1. The number of nitrogens with one attached hydrogen (secondary N) is 1. The van der Waals surface area contributed by atoms with Crippen molar-refractivity contribution in [2.24, 2.45) is 16.7 Å². The fourth-order valence-electron chi connectivity index (χ4n) is 6.05. The summed E-state index contributed by atoms with van der Waals surface area (Å²) in [5, 5.41) is 23.2. The zero-order valence-corrected chi connectivity index (χ0v) is 19.4. The van der Waals surface area contributed by atoms with Crippen LogP contribution in [0.5, 0.6) is 11.5 Å². The number of carboxylic acid groups (broad SMARTS) is 1. The third-order valence-electron chi connectivity index (χ3n) is 8.33. The molecule has 0 saturated heterocycles. The maximum atomic E-state index is 13.7. The molecule has 4 rings (SSSR count). The SMILES string of the molecule is CC(=O)Oc1c(C(=O)O)ccc(NCc2cc(F)ccc2O)c1C1CC2CCC1(C)C2(C)C. The van der Waals surface area contributed by atoms with Crippen LogP contribution < -0.4 is 10.1 Å². The van der Waals surface area contributed by atoms with Gasteiger partial charge in [-0.1, -0.05) is 20.8 Å². The van der Waals surface area contributed by atoms with E-state index in [1.54, 1.807) is 6.07 Å². The van der Waals surface area contributed by atoms with E-state index >= 15 is 0 Å². The minimum Gasteiger partial charge on any atom is -0.508 e. The minimum absolute atomic E-state index is 0.0245. The van der Waals surface area contributed by atoms with E-state index in [2.05, 4.69) is 26.1 Å². The number of ether oxygens (including phenoxy) is 1. The van der Waals surface area contributed by atoms with Gasteiger partial charge < -0.3 is 20.3 Å². The molecule has 2 bridgehead atoms. The number of carbonyl (C=O) groups excluding carboxylic acids is 1. The topological polar surface area (TPSA) is 95.9 Å². The molecule has 2 aromatic rings. The lowest BCUT2D eigenvalue weighted by Gasteiger charge is -2.40. The van der Waals surface area contributed by atoms with Crippen molar-refractivity contribution in [3.05, 3.63) is 52.8 Å². The van der Waals surface area contributed by atoms with Crippen molar-refractivity contribution in [3.8, 4) is 11.5 Å². The number of anilines is 1. The van der Waals surface area contributed by atoms with Gasteiger partial charge in [0.15, 0.2) is 5.75 Å². The predicted molar refractivity (Wildman–Crippen MR) is 122 cm³/mol. The number of hydrogen-bond acceptors (Lipinski definition) is 5. The molecule has 2 saturated carbocycles. The summed E-state index contributed by atoms with van der Waals surface area (Å²) in [6, 6.07) is 6.82. The Morgan fingerprint density at radius 1 is 1.21 bits per heavy atom. The molecule has 0 amide bonds. The molecule has 3 unspecified atom stereocenters. The zero-order valence-electron chi connectivity index (χ0n) is 19.4. The van der Waals surface area contributed by atoms with Gasteiger partial charge >= 0.3 is 11.9 Å². The van der Waals surface area contributed by atoms with Gasteiger partial charge in [-0.3, -0.25) is 4.79 Å². The van der Waals surface area contributed by atoms with Crippen molar-refractivity contribution in [1.29, 1.82) is 0 Å². The number of carbonyl (C=O) groups is 2. The third kappa shape index (κ3) is 3.73. The van der Waals surface area contributed by atoms with Crippen LogP contribution in [0.15, 0.2) is 30.3 Å². The number of hydrogen-bond donors (Lipinski definition) is 3. The summed E-state index contributed by atoms with van der Waals surface area (Å²) in [6.45, 7) is 8.13. The molecule has 2 aromatic carbocycles. The van der Waals surface area contributed by atoms with Crippen LogP contribution in [0.4, 0.5) is 10.1 Å². The van der Waals surface area contributed by atoms with E-state index in [9.17, 15) is 24.2 Å². The van der Waals surface area contributed by atoms with Crippen LogP contribution in [-0.2, 0) is 11.3 Å². The molecule has 0 aliphatic heterocycles. The van der Waals surface area contributed by atoms with E-state index in [1.165, 1.54) is 31.2 Å². The zero-order chi connectivity index (χ0) is 24.1. The Bertz CT molecular complexity index is 1130. The third-order valence-corrected chi connectivity index (χ3v) is 8.33. The molecule has 3 N–H and O–H groups in total.